The number of thiocarbonyl (C=S) groups is 1. The van der Waals surface area contributed by atoms with Crippen LogP contribution < -0.4 is 11.1 Å². The Balaban J connectivity index is 1.99. The van der Waals surface area contributed by atoms with E-state index in [0.29, 0.717) is 24.3 Å². The van der Waals surface area contributed by atoms with Crippen molar-refractivity contribution in [2.75, 3.05) is 26.2 Å². The predicted molar refractivity (Wildman–Crippen MR) is 80.3 cm³/mol. The van der Waals surface area contributed by atoms with Crippen LogP contribution in [0.4, 0.5) is 4.79 Å². The van der Waals surface area contributed by atoms with Crippen molar-refractivity contribution >= 4 is 29.1 Å². The van der Waals surface area contributed by atoms with Crippen molar-refractivity contribution in [1.29, 1.82) is 0 Å². The third-order valence-electron chi connectivity index (χ3n) is 4.08. The molecular formula is C13H22N4O2S. The van der Waals surface area contributed by atoms with E-state index in [-0.39, 0.29) is 18.5 Å². The molecule has 0 radical (unpaired) electrons. The van der Waals surface area contributed by atoms with E-state index in [1.54, 1.807) is 0 Å². The number of nitrogens with zero attached hydrogens (tertiary/aromatic N) is 2. The van der Waals surface area contributed by atoms with Gasteiger partial charge in [0.05, 0.1) is 4.99 Å². The number of carbonyl (C=O) groups is 2. The molecule has 6 nitrogen and oxygen atoms in total. The van der Waals surface area contributed by atoms with Crippen LogP contribution in [0.1, 0.15) is 32.6 Å². The van der Waals surface area contributed by atoms with E-state index in [4.69, 9.17) is 18.0 Å². The minimum atomic E-state index is -0.697. The molecule has 20 heavy (non-hydrogen) atoms. The molecule has 2 aliphatic heterocycles. The first-order chi connectivity index (χ1) is 9.48. The number of carbonyl (C=O) groups excluding carboxylic acids is 2. The lowest BCUT2D eigenvalue weighted by Crippen LogP contribution is -2.55. The van der Waals surface area contributed by atoms with Crippen LogP contribution in [0.3, 0.4) is 0 Å². The number of amides is 3. The van der Waals surface area contributed by atoms with Crippen molar-refractivity contribution in [2.24, 2.45) is 5.73 Å². The van der Waals surface area contributed by atoms with Crippen LogP contribution in [0, 0.1) is 0 Å². The Kier molecular flexibility index (Phi) is 4.59. The van der Waals surface area contributed by atoms with Crippen LogP contribution in [0.2, 0.25) is 0 Å². The smallest absolute Gasteiger partial charge is 0.325 e. The van der Waals surface area contributed by atoms with Crippen LogP contribution in [-0.2, 0) is 4.79 Å². The number of rotatable bonds is 5. The molecule has 7 heteroatoms. The molecule has 2 rings (SSSR count). The van der Waals surface area contributed by atoms with Gasteiger partial charge in [0.2, 0.25) is 0 Å². The lowest BCUT2D eigenvalue weighted by atomic mass is 9.87. The van der Waals surface area contributed by atoms with Gasteiger partial charge in [0.25, 0.3) is 5.91 Å². The van der Waals surface area contributed by atoms with Crippen molar-refractivity contribution in [2.45, 2.75) is 38.1 Å². The maximum Gasteiger partial charge on any atom is 0.325 e. The Bertz CT molecular complexity index is 419. The van der Waals surface area contributed by atoms with Gasteiger partial charge in [-0.15, -0.1) is 0 Å². The molecule has 0 aliphatic carbocycles. The van der Waals surface area contributed by atoms with Gasteiger partial charge in [0.15, 0.2) is 0 Å². The molecule has 2 aliphatic rings. The van der Waals surface area contributed by atoms with Crippen LogP contribution >= 0.6 is 12.2 Å². The monoisotopic (exact) mass is 298 g/mol. The average Bonchev–Trinajstić information content (AvgIpc) is 2.62. The molecule has 1 spiro atoms. The quantitative estimate of drug-likeness (QED) is 0.569. The summed E-state index contributed by atoms with van der Waals surface area (Å²) in [5.41, 5.74) is 4.74. The van der Waals surface area contributed by atoms with Crippen LogP contribution in [0.15, 0.2) is 0 Å². The number of likely N-dealkylation sites (tertiary alicyclic amines) is 1. The molecule has 3 amide bonds. The number of nitrogens with one attached hydrogen (secondary N) is 1. The molecule has 0 saturated carbocycles. The molecule has 2 saturated heterocycles. The van der Waals surface area contributed by atoms with Gasteiger partial charge in [0.1, 0.15) is 5.54 Å². The first-order valence-electron chi connectivity index (χ1n) is 7.13. The summed E-state index contributed by atoms with van der Waals surface area (Å²) in [7, 11) is 0. The minimum Gasteiger partial charge on any atom is -0.393 e. The Hall–Kier alpha value is -1.21. The van der Waals surface area contributed by atoms with Gasteiger partial charge in [-0.3, -0.25) is 9.69 Å². The first kappa shape index (κ1) is 15.2. The van der Waals surface area contributed by atoms with Gasteiger partial charge in [-0.05, 0) is 25.8 Å². The fraction of sp³-hybridized carbons (Fsp3) is 0.769. The van der Waals surface area contributed by atoms with E-state index in [1.807, 2.05) is 0 Å². The molecule has 112 valence electrons. The predicted octanol–water partition coefficient (Wildman–Crippen LogP) is 0.459. The van der Waals surface area contributed by atoms with Gasteiger partial charge in [0, 0.05) is 26.1 Å². The zero-order valence-electron chi connectivity index (χ0n) is 11.9. The number of nitrogens with two attached hydrogens (primary N) is 1. The molecule has 0 bridgehead atoms. The second-order valence-corrected chi connectivity index (χ2v) is 6.05. The maximum atomic E-state index is 12.5. The van der Waals surface area contributed by atoms with E-state index in [9.17, 15) is 9.59 Å². The lowest BCUT2D eigenvalue weighted by molar-refractivity contribution is -0.132. The zero-order chi connectivity index (χ0) is 14.8. The summed E-state index contributed by atoms with van der Waals surface area (Å²) in [6, 6.07) is -0.310. The van der Waals surface area contributed by atoms with Crippen LogP contribution in [0.5, 0.6) is 0 Å². The fourth-order valence-electron chi connectivity index (χ4n) is 2.91. The molecule has 0 aromatic carbocycles. The summed E-state index contributed by atoms with van der Waals surface area (Å²) < 4.78 is 0. The number of hydrogen-bond donors (Lipinski definition) is 2. The van der Waals surface area contributed by atoms with E-state index in [2.05, 4.69) is 17.1 Å². The Morgan fingerprint density at radius 2 is 2.00 bits per heavy atom. The minimum absolute atomic E-state index is 0.116. The highest BCUT2D eigenvalue weighted by atomic mass is 32.1. The van der Waals surface area contributed by atoms with Crippen molar-refractivity contribution in [3.8, 4) is 0 Å². The number of piperidine rings is 1. The summed E-state index contributed by atoms with van der Waals surface area (Å²) >= 11 is 4.80. The molecule has 0 aromatic rings. The Morgan fingerprint density at radius 3 is 2.55 bits per heavy atom. The fourth-order valence-corrected chi connectivity index (χ4v) is 3.01. The van der Waals surface area contributed by atoms with Crippen LogP contribution in [-0.4, -0.2) is 58.4 Å². The SMILES string of the molecule is CCCN1CCC2(CC1)NC(=O)N(CCC(N)=S)C2=O. The van der Waals surface area contributed by atoms with Gasteiger partial charge < -0.3 is 16.0 Å². The summed E-state index contributed by atoms with van der Waals surface area (Å²) in [6.07, 6.45) is 2.85. The van der Waals surface area contributed by atoms with E-state index < -0.39 is 5.54 Å². The summed E-state index contributed by atoms with van der Waals surface area (Å²) in [6.45, 7) is 5.17. The number of imide groups is 1. The Morgan fingerprint density at radius 1 is 1.35 bits per heavy atom. The Labute approximate surface area is 124 Å². The van der Waals surface area contributed by atoms with E-state index in [1.165, 1.54) is 4.90 Å². The van der Waals surface area contributed by atoms with E-state index in [0.717, 1.165) is 26.1 Å². The van der Waals surface area contributed by atoms with Crippen molar-refractivity contribution in [3.05, 3.63) is 0 Å². The first-order valence-corrected chi connectivity index (χ1v) is 7.54. The highest BCUT2D eigenvalue weighted by Gasteiger charge is 2.51. The van der Waals surface area contributed by atoms with Crippen molar-refractivity contribution < 1.29 is 9.59 Å². The third-order valence-corrected chi connectivity index (χ3v) is 4.28. The molecule has 3 N–H and O–H groups in total. The largest absolute Gasteiger partial charge is 0.393 e. The van der Waals surface area contributed by atoms with E-state index >= 15 is 0 Å². The van der Waals surface area contributed by atoms with Crippen molar-refractivity contribution in [1.82, 2.24) is 15.1 Å². The standard InChI is InChI=1S/C13H22N4O2S/c1-2-6-16-8-4-13(5-9-16)11(18)17(12(19)15-13)7-3-10(14)20/h2-9H2,1H3,(H2,14,20)(H,15,19). The molecule has 0 atom stereocenters. The van der Waals surface area contributed by atoms with Crippen LogP contribution in [0.25, 0.3) is 0 Å². The number of hydrogen-bond acceptors (Lipinski definition) is 4. The second-order valence-electron chi connectivity index (χ2n) is 5.53. The average molecular weight is 298 g/mol. The highest BCUT2D eigenvalue weighted by Crippen LogP contribution is 2.29. The van der Waals surface area contributed by atoms with Gasteiger partial charge in [-0.25, -0.2) is 4.79 Å². The highest BCUT2D eigenvalue weighted by molar-refractivity contribution is 7.80. The van der Waals surface area contributed by atoms with Gasteiger partial charge in [-0.1, -0.05) is 19.1 Å². The maximum absolute atomic E-state index is 12.5. The molecular weight excluding hydrogens is 276 g/mol. The lowest BCUT2D eigenvalue weighted by Gasteiger charge is -2.37. The molecule has 0 aromatic heterocycles. The zero-order valence-corrected chi connectivity index (χ0v) is 12.7. The van der Waals surface area contributed by atoms with Crippen molar-refractivity contribution in [3.63, 3.8) is 0 Å². The number of urea groups is 1. The molecule has 2 fully saturated rings. The van der Waals surface area contributed by atoms with Gasteiger partial charge >= 0.3 is 6.03 Å². The topological polar surface area (TPSA) is 78.7 Å². The summed E-state index contributed by atoms with van der Waals surface area (Å²) in [4.78, 5) is 28.4. The molecule has 2 heterocycles. The van der Waals surface area contributed by atoms with Gasteiger partial charge in [-0.2, -0.15) is 0 Å². The summed E-state index contributed by atoms with van der Waals surface area (Å²) in [5.74, 6) is -0.116. The normalized spacial score (nSPS) is 22.4. The second kappa shape index (κ2) is 6.05. The molecule has 0 unspecified atom stereocenters. The summed E-state index contributed by atoms with van der Waals surface area (Å²) in [5, 5.41) is 2.88. The third kappa shape index (κ3) is 2.93.